The first-order valence-electron chi connectivity index (χ1n) is 15.1. The summed E-state index contributed by atoms with van der Waals surface area (Å²) < 4.78 is 0. The fourth-order valence-corrected chi connectivity index (χ4v) is 5.50. The van der Waals surface area contributed by atoms with Gasteiger partial charge in [0.15, 0.2) is 0 Å². The van der Waals surface area contributed by atoms with Crippen molar-refractivity contribution in [3.8, 4) is 0 Å². The minimum absolute atomic E-state index is 0.341. The molecule has 0 aliphatic heterocycles. The molecule has 0 radical (unpaired) electrons. The van der Waals surface area contributed by atoms with Gasteiger partial charge in [0.05, 0.1) is 5.60 Å². The van der Waals surface area contributed by atoms with Crippen molar-refractivity contribution in [2.75, 3.05) is 0 Å². The average molecular weight is 493 g/mol. The van der Waals surface area contributed by atoms with Crippen molar-refractivity contribution in [1.29, 1.82) is 0 Å². The molecule has 0 aromatic heterocycles. The Labute approximate surface area is 218 Å². The molecule has 3 heteroatoms. The van der Waals surface area contributed by atoms with E-state index in [0.29, 0.717) is 35.2 Å². The van der Waals surface area contributed by atoms with E-state index in [-0.39, 0.29) is 5.60 Å². The maximum atomic E-state index is 11.0. The highest BCUT2D eigenvalue weighted by Crippen LogP contribution is 2.31. The van der Waals surface area contributed by atoms with Gasteiger partial charge < -0.3 is 5.11 Å². The lowest BCUT2D eigenvalue weighted by Gasteiger charge is -2.31. The smallest absolute Gasteiger partial charge is 0.135 e. The van der Waals surface area contributed by atoms with Crippen LogP contribution in [0, 0.1) is 41.4 Å². The van der Waals surface area contributed by atoms with Gasteiger partial charge in [-0.3, -0.25) is 9.59 Å². The summed E-state index contributed by atoms with van der Waals surface area (Å²) in [6.45, 7) is 17.3. The van der Waals surface area contributed by atoms with Crippen LogP contribution in [-0.2, 0) is 9.59 Å². The van der Waals surface area contributed by atoms with Crippen molar-refractivity contribution in [2.24, 2.45) is 41.4 Å². The Bertz CT molecular complexity index is 552. The van der Waals surface area contributed by atoms with Gasteiger partial charge in [-0.25, -0.2) is 0 Å². The van der Waals surface area contributed by atoms with Gasteiger partial charge in [-0.15, -0.1) is 0 Å². The van der Waals surface area contributed by atoms with Crippen molar-refractivity contribution >= 4 is 11.6 Å². The largest absolute Gasteiger partial charge is 0.390 e. The van der Waals surface area contributed by atoms with E-state index in [0.717, 1.165) is 56.3 Å². The van der Waals surface area contributed by atoms with Gasteiger partial charge >= 0.3 is 0 Å². The van der Waals surface area contributed by atoms with Crippen LogP contribution in [0.15, 0.2) is 0 Å². The van der Waals surface area contributed by atoms with E-state index in [1.165, 1.54) is 51.4 Å². The van der Waals surface area contributed by atoms with Gasteiger partial charge in [-0.1, -0.05) is 74.1 Å². The maximum absolute atomic E-state index is 11.0. The highest BCUT2D eigenvalue weighted by Gasteiger charge is 2.26. The maximum Gasteiger partial charge on any atom is 0.135 e. The van der Waals surface area contributed by atoms with E-state index in [1.54, 1.807) is 0 Å². The van der Waals surface area contributed by atoms with E-state index in [2.05, 4.69) is 34.6 Å². The number of Topliss-reactive ketones (excluding diaryl/α,β-unsaturated/α-hetero) is 2. The lowest BCUT2D eigenvalue weighted by molar-refractivity contribution is -0.125. The van der Waals surface area contributed by atoms with Crippen LogP contribution >= 0.6 is 0 Å². The highest BCUT2D eigenvalue weighted by molar-refractivity contribution is 5.81. The zero-order valence-corrected chi connectivity index (χ0v) is 24.7. The van der Waals surface area contributed by atoms with E-state index in [9.17, 15) is 14.7 Å². The monoisotopic (exact) mass is 492 g/mol. The number of rotatable bonds is 0. The van der Waals surface area contributed by atoms with Crippen LogP contribution in [0.5, 0.6) is 0 Å². The lowest BCUT2D eigenvalue weighted by Crippen LogP contribution is -2.29. The lowest BCUT2D eigenvalue weighted by atomic mass is 9.81. The Morgan fingerprint density at radius 1 is 0.514 bits per heavy atom. The number of hydrogen-bond donors (Lipinski definition) is 1. The molecule has 4 aliphatic carbocycles. The Kier molecular flexibility index (Phi) is 15.0. The van der Waals surface area contributed by atoms with Crippen molar-refractivity contribution < 1.29 is 14.7 Å². The Morgan fingerprint density at radius 2 is 0.800 bits per heavy atom. The predicted octanol–water partition coefficient (Wildman–Crippen LogP) is 8.80. The van der Waals surface area contributed by atoms with E-state index in [1.807, 2.05) is 20.8 Å². The summed E-state index contributed by atoms with van der Waals surface area (Å²) in [7, 11) is 0. The van der Waals surface area contributed by atoms with Gasteiger partial charge in [-0.2, -0.15) is 0 Å². The second-order valence-corrected chi connectivity index (χ2v) is 13.6. The SMILES string of the molecule is CC1CCC(C)(O)CC1.CC1CCC(C)CC1.C[C@H]1CC[C@H](C)C(=O)C1.C[C@H]1CC[C@H](C)C(=O)C1. The molecule has 4 saturated carbocycles. The highest BCUT2D eigenvalue weighted by atomic mass is 16.3. The molecular formula is C32H60O3. The second kappa shape index (κ2) is 16.2. The minimum atomic E-state index is -0.341. The zero-order valence-electron chi connectivity index (χ0n) is 24.7. The predicted molar refractivity (Wildman–Crippen MR) is 149 cm³/mol. The summed E-state index contributed by atoms with van der Waals surface area (Å²) in [4.78, 5) is 22.0. The Balaban J connectivity index is 0.000000234. The molecule has 0 amide bonds. The van der Waals surface area contributed by atoms with Gasteiger partial charge in [0, 0.05) is 24.7 Å². The Hall–Kier alpha value is -0.700. The third-order valence-electron chi connectivity index (χ3n) is 9.04. The van der Waals surface area contributed by atoms with E-state index < -0.39 is 0 Å². The van der Waals surface area contributed by atoms with Crippen LogP contribution in [0.3, 0.4) is 0 Å². The summed E-state index contributed by atoms with van der Waals surface area (Å²) in [6.07, 6.45) is 16.6. The van der Waals surface area contributed by atoms with Crippen LogP contribution in [0.4, 0.5) is 0 Å². The molecule has 0 aromatic carbocycles. The number of carbonyl (C=O) groups excluding carboxylic acids is 2. The first-order chi connectivity index (χ1) is 16.3. The number of carbonyl (C=O) groups is 2. The van der Waals surface area contributed by atoms with Crippen molar-refractivity contribution in [1.82, 2.24) is 0 Å². The molecule has 4 fully saturated rings. The molecule has 35 heavy (non-hydrogen) atoms. The van der Waals surface area contributed by atoms with Gasteiger partial charge in [0.25, 0.3) is 0 Å². The molecule has 1 N–H and O–H groups in total. The third-order valence-corrected chi connectivity index (χ3v) is 9.04. The molecule has 0 heterocycles. The average Bonchev–Trinajstić information content (AvgIpc) is 2.79. The summed E-state index contributed by atoms with van der Waals surface area (Å²) in [5, 5.41) is 9.49. The third kappa shape index (κ3) is 14.6. The normalized spacial score (nSPS) is 39.6. The van der Waals surface area contributed by atoms with Crippen LogP contribution < -0.4 is 0 Å². The topological polar surface area (TPSA) is 54.4 Å². The fraction of sp³-hybridized carbons (Fsp3) is 0.938. The molecule has 0 unspecified atom stereocenters. The number of ketones is 2. The van der Waals surface area contributed by atoms with Gasteiger partial charge in [0.2, 0.25) is 0 Å². The molecule has 0 spiro atoms. The molecular weight excluding hydrogens is 432 g/mol. The van der Waals surface area contributed by atoms with E-state index >= 15 is 0 Å². The molecule has 4 atom stereocenters. The summed E-state index contributed by atoms with van der Waals surface area (Å²) >= 11 is 0. The molecule has 4 aliphatic rings. The number of aliphatic hydroxyl groups is 1. The molecule has 0 aromatic rings. The Morgan fingerprint density at radius 3 is 1.06 bits per heavy atom. The summed E-state index contributed by atoms with van der Waals surface area (Å²) in [5.41, 5.74) is -0.341. The minimum Gasteiger partial charge on any atom is -0.390 e. The van der Waals surface area contributed by atoms with Crippen molar-refractivity contribution in [3.05, 3.63) is 0 Å². The second-order valence-electron chi connectivity index (χ2n) is 13.6. The van der Waals surface area contributed by atoms with Crippen LogP contribution in [-0.4, -0.2) is 22.3 Å². The zero-order chi connectivity index (χ0) is 26.6. The quantitative estimate of drug-likeness (QED) is 0.367. The van der Waals surface area contributed by atoms with Gasteiger partial charge in [0.1, 0.15) is 11.6 Å². The first-order valence-corrected chi connectivity index (χ1v) is 15.1. The van der Waals surface area contributed by atoms with Crippen LogP contribution in [0.2, 0.25) is 0 Å². The standard InChI is InChI=1S/C8H16O.2C8H14O.C8H16/c1-7-3-5-8(2,9)6-4-7;2*1-6-3-4-7(2)8(9)5-6;1-7-3-5-8(2)6-4-7/h7,9H,3-6H2,1-2H3;2*6-7H,3-5H2,1-2H3;7-8H,3-6H2,1-2H3/t;2*6-,7-;/m.00./s1. The molecule has 4 rings (SSSR count). The van der Waals surface area contributed by atoms with Gasteiger partial charge in [-0.05, 0) is 87.9 Å². The molecule has 206 valence electrons. The number of hydrogen-bond acceptors (Lipinski definition) is 3. The molecule has 0 bridgehead atoms. The van der Waals surface area contributed by atoms with Crippen LogP contribution in [0.1, 0.15) is 145 Å². The summed E-state index contributed by atoms with van der Waals surface area (Å²) in [5.74, 6) is 5.80. The van der Waals surface area contributed by atoms with Crippen molar-refractivity contribution in [2.45, 2.75) is 151 Å². The first kappa shape index (κ1) is 32.3. The summed E-state index contributed by atoms with van der Waals surface area (Å²) in [6, 6.07) is 0. The van der Waals surface area contributed by atoms with E-state index in [4.69, 9.17) is 0 Å². The fourth-order valence-electron chi connectivity index (χ4n) is 5.50. The molecule has 3 nitrogen and oxygen atoms in total. The van der Waals surface area contributed by atoms with Crippen LogP contribution in [0.25, 0.3) is 0 Å². The van der Waals surface area contributed by atoms with Crippen molar-refractivity contribution in [3.63, 3.8) is 0 Å². The molecule has 0 saturated heterocycles.